The minimum atomic E-state index is -0.172. The van der Waals surface area contributed by atoms with E-state index in [1.54, 1.807) is 17.2 Å². The molecule has 2 aromatic carbocycles. The molecule has 0 saturated carbocycles. The van der Waals surface area contributed by atoms with Crippen molar-refractivity contribution in [2.45, 2.75) is 13.8 Å². The number of thiazole rings is 1. The smallest absolute Gasteiger partial charge is 0.262 e. The van der Waals surface area contributed by atoms with Crippen molar-refractivity contribution in [3.8, 4) is 17.0 Å². The topological polar surface area (TPSA) is 81.1 Å². The lowest BCUT2D eigenvalue weighted by atomic mass is 10.1. The van der Waals surface area contributed by atoms with Crippen LogP contribution in [0.15, 0.2) is 74.7 Å². The average molecular weight is 445 g/mol. The van der Waals surface area contributed by atoms with Gasteiger partial charge in [0.25, 0.3) is 5.91 Å². The number of fused-ring (bicyclic) bond motifs is 1. The van der Waals surface area contributed by atoms with Gasteiger partial charge in [-0.3, -0.25) is 4.79 Å². The van der Waals surface area contributed by atoms with Crippen LogP contribution < -0.4 is 14.9 Å². The van der Waals surface area contributed by atoms with E-state index in [0.717, 1.165) is 27.3 Å². The number of aromatic nitrogens is 1. The van der Waals surface area contributed by atoms with Gasteiger partial charge in [0, 0.05) is 10.9 Å². The van der Waals surface area contributed by atoms with Crippen LogP contribution in [0.3, 0.4) is 0 Å². The molecule has 0 aliphatic carbocycles. The Morgan fingerprint density at radius 1 is 1.16 bits per heavy atom. The van der Waals surface area contributed by atoms with Crippen LogP contribution in [0.2, 0.25) is 0 Å². The van der Waals surface area contributed by atoms with Gasteiger partial charge in [-0.1, -0.05) is 12.1 Å². The SMILES string of the molecule is Cc1cccc(N=c2scc(-c3ccc4c(c3)NC(=O)CO4)n2N=Cc2ccco2)c1C. The number of hydrogen-bond donors (Lipinski definition) is 1. The standard InChI is InChI=1S/C24H20N4O3S/c1-15-5-3-7-19(16(15)2)27-24-28(25-12-18-6-4-10-30-18)21(14-32-24)17-8-9-22-20(11-17)26-23(29)13-31-22/h3-12,14H,13H2,1-2H3,(H,26,29). The maximum atomic E-state index is 11.8. The third-order valence-corrected chi connectivity index (χ3v) is 6.05. The van der Waals surface area contributed by atoms with E-state index in [0.29, 0.717) is 17.2 Å². The van der Waals surface area contributed by atoms with Crippen molar-refractivity contribution in [1.82, 2.24) is 4.68 Å². The molecule has 0 radical (unpaired) electrons. The summed E-state index contributed by atoms with van der Waals surface area (Å²) in [4.78, 5) is 17.4. The highest BCUT2D eigenvalue weighted by Gasteiger charge is 2.18. The zero-order valence-corrected chi connectivity index (χ0v) is 18.3. The Morgan fingerprint density at radius 3 is 2.91 bits per heavy atom. The zero-order valence-electron chi connectivity index (χ0n) is 17.5. The molecule has 0 bridgehead atoms. The van der Waals surface area contributed by atoms with Crippen LogP contribution in [-0.4, -0.2) is 23.4 Å². The Labute approximate surface area is 188 Å². The van der Waals surface area contributed by atoms with Gasteiger partial charge in [0.05, 0.1) is 29.5 Å². The number of rotatable bonds is 4. The lowest BCUT2D eigenvalue weighted by Crippen LogP contribution is -2.25. The van der Waals surface area contributed by atoms with Gasteiger partial charge in [-0.2, -0.15) is 5.10 Å². The molecule has 2 aromatic heterocycles. The van der Waals surface area contributed by atoms with Crippen molar-refractivity contribution in [1.29, 1.82) is 0 Å². The minimum absolute atomic E-state index is 0.0249. The largest absolute Gasteiger partial charge is 0.482 e. The van der Waals surface area contributed by atoms with E-state index >= 15 is 0 Å². The quantitative estimate of drug-likeness (QED) is 0.456. The summed E-state index contributed by atoms with van der Waals surface area (Å²) >= 11 is 1.49. The number of amides is 1. The van der Waals surface area contributed by atoms with Gasteiger partial charge in [-0.25, -0.2) is 9.67 Å². The number of ether oxygens (including phenoxy) is 1. The molecular weight excluding hydrogens is 424 g/mol. The maximum Gasteiger partial charge on any atom is 0.262 e. The Morgan fingerprint density at radius 2 is 2.06 bits per heavy atom. The van der Waals surface area contributed by atoms with Crippen molar-refractivity contribution >= 4 is 34.8 Å². The second-order valence-electron chi connectivity index (χ2n) is 7.35. The van der Waals surface area contributed by atoms with Gasteiger partial charge < -0.3 is 14.5 Å². The molecule has 1 aliphatic rings. The summed E-state index contributed by atoms with van der Waals surface area (Å²) in [5.41, 5.74) is 5.55. The number of furan rings is 1. The number of aryl methyl sites for hydroxylation is 1. The first-order valence-electron chi connectivity index (χ1n) is 10.0. The van der Waals surface area contributed by atoms with Crippen LogP contribution in [0.4, 0.5) is 11.4 Å². The Balaban J connectivity index is 1.65. The molecule has 32 heavy (non-hydrogen) atoms. The molecule has 7 nitrogen and oxygen atoms in total. The normalized spacial score (nSPS) is 13.8. The van der Waals surface area contributed by atoms with E-state index in [1.807, 2.05) is 47.8 Å². The van der Waals surface area contributed by atoms with Crippen molar-refractivity contribution < 1.29 is 13.9 Å². The van der Waals surface area contributed by atoms with E-state index in [9.17, 15) is 4.79 Å². The monoisotopic (exact) mass is 444 g/mol. The molecule has 4 aromatic rings. The lowest BCUT2D eigenvalue weighted by molar-refractivity contribution is -0.118. The first kappa shape index (κ1) is 20.0. The van der Waals surface area contributed by atoms with Crippen molar-refractivity contribution in [3.05, 3.63) is 81.9 Å². The molecule has 0 fully saturated rings. The molecular formula is C24H20N4O3S. The highest BCUT2D eigenvalue weighted by Crippen LogP contribution is 2.33. The number of carbonyl (C=O) groups excluding carboxylic acids is 1. The molecule has 1 amide bonds. The minimum Gasteiger partial charge on any atom is -0.482 e. The van der Waals surface area contributed by atoms with Crippen molar-refractivity contribution in [2.75, 3.05) is 11.9 Å². The zero-order chi connectivity index (χ0) is 22.1. The summed E-state index contributed by atoms with van der Waals surface area (Å²) in [6.07, 6.45) is 3.26. The van der Waals surface area contributed by atoms with Crippen LogP contribution in [0, 0.1) is 13.8 Å². The predicted octanol–water partition coefficient (Wildman–Crippen LogP) is 4.87. The molecule has 0 spiro atoms. The van der Waals surface area contributed by atoms with Crippen LogP contribution in [-0.2, 0) is 4.79 Å². The van der Waals surface area contributed by atoms with Crippen molar-refractivity contribution in [3.63, 3.8) is 0 Å². The molecule has 0 unspecified atom stereocenters. The summed E-state index contributed by atoms with van der Waals surface area (Å²) in [6, 6.07) is 15.4. The van der Waals surface area contributed by atoms with E-state index in [2.05, 4.69) is 30.3 Å². The number of nitrogens with one attached hydrogen (secondary N) is 1. The number of benzene rings is 2. The third kappa shape index (κ3) is 3.88. The van der Waals surface area contributed by atoms with E-state index in [-0.39, 0.29) is 12.5 Å². The first-order valence-corrected chi connectivity index (χ1v) is 10.9. The molecule has 0 atom stereocenters. The highest BCUT2D eigenvalue weighted by atomic mass is 32.1. The molecule has 160 valence electrons. The Hall–Kier alpha value is -3.91. The van der Waals surface area contributed by atoms with E-state index in [4.69, 9.17) is 14.1 Å². The van der Waals surface area contributed by atoms with Gasteiger partial charge in [0.2, 0.25) is 4.80 Å². The molecule has 1 aliphatic heterocycles. The average Bonchev–Trinajstić information content (AvgIpc) is 3.45. The second-order valence-corrected chi connectivity index (χ2v) is 8.19. The Kier molecular flexibility index (Phi) is 5.20. The summed E-state index contributed by atoms with van der Waals surface area (Å²) in [6.45, 7) is 4.16. The Bertz CT molecular complexity index is 1400. The molecule has 8 heteroatoms. The van der Waals surface area contributed by atoms with Crippen LogP contribution in [0.1, 0.15) is 16.9 Å². The molecule has 0 saturated heterocycles. The summed E-state index contributed by atoms with van der Waals surface area (Å²) in [5.74, 6) is 1.11. The second kappa shape index (κ2) is 8.32. The van der Waals surface area contributed by atoms with Crippen LogP contribution >= 0.6 is 11.3 Å². The van der Waals surface area contributed by atoms with E-state index < -0.39 is 0 Å². The van der Waals surface area contributed by atoms with Gasteiger partial charge in [-0.15, -0.1) is 11.3 Å². The number of carbonyl (C=O) groups is 1. The first-order chi connectivity index (χ1) is 15.6. The van der Waals surface area contributed by atoms with Crippen LogP contribution in [0.25, 0.3) is 11.3 Å². The summed E-state index contributed by atoms with van der Waals surface area (Å²) in [7, 11) is 0. The lowest BCUT2D eigenvalue weighted by Gasteiger charge is -2.18. The number of nitrogens with zero attached hydrogens (tertiary/aromatic N) is 3. The molecule has 3 heterocycles. The highest BCUT2D eigenvalue weighted by molar-refractivity contribution is 7.07. The maximum absolute atomic E-state index is 11.8. The van der Waals surface area contributed by atoms with Crippen LogP contribution in [0.5, 0.6) is 5.75 Å². The fourth-order valence-corrected chi connectivity index (χ4v) is 4.22. The van der Waals surface area contributed by atoms with Gasteiger partial charge in [0.15, 0.2) is 6.61 Å². The molecule has 1 N–H and O–H groups in total. The number of hydrogen-bond acceptors (Lipinski definition) is 6. The predicted molar refractivity (Wildman–Crippen MR) is 125 cm³/mol. The fourth-order valence-electron chi connectivity index (χ4n) is 3.37. The van der Waals surface area contributed by atoms with Gasteiger partial charge in [0.1, 0.15) is 11.5 Å². The number of anilines is 1. The van der Waals surface area contributed by atoms with E-state index in [1.165, 1.54) is 16.9 Å². The van der Waals surface area contributed by atoms with Crippen molar-refractivity contribution in [2.24, 2.45) is 10.1 Å². The fraction of sp³-hybridized carbons (Fsp3) is 0.125. The summed E-state index contributed by atoms with van der Waals surface area (Å²) in [5, 5.41) is 9.51. The van der Waals surface area contributed by atoms with Gasteiger partial charge in [-0.05, 0) is 61.4 Å². The molecule has 5 rings (SSSR count). The summed E-state index contributed by atoms with van der Waals surface area (Å²) < 4.78 is 12.7. The van der Waals surface area contributed by atoms with Gasteiger partial charge >= 0.3 is 0 Å². The third-order valence-electron chi connectivity index (χ3n) is 5.23.